The number of pyridine rings is 1. The van der Waals surface area contributed by atoms with E-state index >= 15 is 0 Å². The molecule has 0 fully saturated rings. The van der Waals surface area contributed by atoms with Gasteiger partial charge in [-0.3, -0.25) is 9.59 Å². The van der Waals surface area contributed by atoms with Gasteiger partial charge in [-0.1, -0.05) is 0 Å². The van der Waals surface area contributed by atoms with E-state index in [4.69, 9.17) is 4.74 Å². The predicted molar refractivity (Wildman–Crippen MR) is 87.9 cm³/mol. The lowest BCUT2D eigenvalue weighted by molar-refractivity contribution is -0.143. The van der Waals surface area contributed by atoms with Gasteiger partial charge < -0.3 is 4.74 Å². The van der Waals surface area contributed by atoms with E-state index < -0.39 is 52.1 Å². The third-order valence-electron chi connectivity index (χ3n) is 3.53. The van der Waals surface area contributed by atoms with Crippen molar-refractivity contribution in [2.45, 2.75) is 13.8 Å². The number of hydrogen-bond donors (Lipinski definition) is 0. The molecule has 0 spiro atoms. The Hall–Kier alpha value is -3.10. The highest BCUT2D eigenvalue weighted by Gasteiger charge is 2.31. The lowest BCUT2D eigenvalue weighted by atomic mass is 9.96. The number of hydrogen-bond acceptors (Lipinski definition) is 5. The van der Waals surface area contributed by atoms with Gasteiger partial charge in [-0.15, -0.1) is 0 Å². The van der Waals surface area contributed by atoms with Crippen LogP contribution in [0.25, 0.3) is 0 Å². The zero-order valence-corrected chi connectivity index (χ0v) is 14.3. The second kappa shape index (κ2) is 8.52. The quantitative estimate of drug-likeness (QED) is 0.191. The first-order valence-electron chi connectivity index (χ1n) is 7.77. The lowest BCUT2D eigenvalue weighted by Gasteiger charge is -2.12. The van der Waals surface area contributed by atoms with Crippen LogP contribution in [0.4, 0.5) is 23.4 Å². The molecule has 1 aromatic heterocycles. The van der Waals surface area contributed by atoms with Crippen LogP contribution in [0.15, 0.2) is 29.4 Å². The lowest BCUT2D eigenvalue weighted by Crippen LogP contribution is -2.29. The minimum Gasteiger partial charge on any atom is -0.465 e. The number of carbonyl (C=O) groups is 2. The van der Waals surface area contributed by atoms with Crippen molar-refractivity contribution in [2.75, 3.05) is 6.61 Å². The third-order valence-corrected chi connectivity index (χ3v) is 3.53. The molecular weight excluding hydrogens is 368 g/mol. The van der Waals surface area contributed by atoms with Gasteiger partial charge in [0.15, 0.2) is 29.2 Å². The summed E-state index contributed by atoms with van der Waals surface area (Å²) in [5.41, 5.74) is -1.51. The molecule has 0 saturated carbocycles. The number of esters is 1. The van der Waals surface area contributed by atoms with Crippen molar-refractivity contribution in [1.82, 2.24) is 4.98 Å². The molecule has 0 amide bonds. The number of ether oxygens (including phenoxy) is 1. The van der Waals surface area contributed by atoms with Crippen LogP contribution in [-0.4, -0.2) is 29.6 Å². The van der Waals surface area contributed by atoms with Gasteiger partial charge in [0.2, 0.25) is 0 Å². The van der Waals surface area contributed by atoms with E-state index in [1.165, 1.54) is 13.0 Å². The van der Waals surface area contributed by atoms with Crippen molar-refractivity contribution in [3.8, 4) is 0 Å². The largest absolute Gasteiger partial charge is 0.465 e. The molecule has 27 heavy (non-hydrogen) atoms. The predicted octanol–water partition coefficient (Wildman–Crippen LogP) is 3.71. The molecule has 1 aromatic carbocycles. The van der Waals surface area contributed by atoms with E-state index in [-0.39, 0.29) is 12.4 Å². The Morgan fingerprint density at radius 3 is 2.52 bits per heavy atom. The Balaban J connectivity index is 2.43. The molecule has 2 aromatic rings. The fourth-order valence-corrected chi connectivity index (χ4v) is 2.14. The van der Waals surface area contributed by atoms with Crippen molar-refractivity contribution >= 4 is 23.8 Å². The second-order valence-corrected chi connectivity index (χ2v) is 5.37. The zero-order valence-electron chi connectivity index (χ0n) is 14.3. The maximum atomic E-state index is 14.2. The Kier molecular flexibility index (Phi) is 6.38. The minimum atomic E-state index is -1.73. The highest BCUT2D eigenvalue weighted by atomic mass is 19.2. The Labute approximate surface area is 151 Å². The van der Waals surface area contributed by atoms with Gasteiger partial charge in [-0.2, -0.15) is 0 Å². The summed E-state index contributed by atoms with van der Waals surface area (Å²) in [5.74, 6) is -8.75. The van der Waals surface area contributed by atoms with Crippen LogP contribution in [0.5, 0.6) is 0 Å². The third kappa shape index (κ3) is 4.55. The number of carbonyl (C=O) groups excluding carboxylic acids is 2. The smallest absolute Gasteiger partial charge is 0.322 e. The molecular formula is C18H14F4N2O3. The molecule has 0 bridgehead atoms. The minimum absolute atomic E-state index is 0.0274. The number of aliphatic imine (C=N–C) groups is 1. The maximum absolute atomic E-state index is 14.2. The number of nitrogens with zero attached hydrogens (tertiary/aromatic N) is 2. The summed E-state index contributed by atoms with van der Waals surface area (Å²) in [7, 11) is 0. The molecule has 2 rings (SSSR count). The van der Waals surface area contributed by atoms with Crippen LogP contribution < -0.4 is 0 Å². The maximum Gasteiger partial charge on any atom is 0.322 e. The van der Waals surface area contributed by atoms with Gasteiger partial charge in [-0.25, -0.2) is 27.5 Å². The molecule has 1 heterocycles. The van der Waals surface area contributed by atoms with Crippen LogP contribution in [0.2, 0.25) is 0 Å². The number of ketones is 1. The monoisotopic (exact) mass is 382 g/mol. The first-order valence-corrected chi connectivity index (χ1v) is 7.77. The first-order chi connectivity index (χ1) is 12.8. The molecule has 9 heteroatoms. The Morgan fingerprint density at radius 1 is 1.22 bits per heavy atom. The fraction of sp³-hybridized carbons (Fsp3) is 0.222. The topological polar surface area (TPSA) is 68.6 Å². The van der Waals surface area contributed by atoms with E-state index in [0.29, 0.717) is 6.07 Å². The van der Waals surface area contributed by atoms with Gasteiger partial charge in [0.1, 0.15) is 11.6 Å². The molecule has 1 unspecified atom stereocenters. The van der Waals surface area contributed by atoms with Crippen LogP contribution >= 0.6 is 0 Å². The van der Waals surface area contributed by atoms with Gasteiger partial charge in [0, 0.05) is 11.8 Å². The van der Waals surface area contributed by atoms with Crippen molar-refractivity contribution in [1.29, 1.82) is 0 Å². The number of aromatic nitrogens is 1. The first kappa shape index (κ1) is 20.2. The van der Waals surface area contributed by atoms with Gasteiger partial charge >= 0.3 is 5.97 Å². The summed E-state index contributed by atoms with van der Waals surface area (Å²) in [5, 5.41) is 0. The summed E-state index contributed by atoms with van der Waals surface area (Å²) in [6.07, 6.45) is 1.70. The van der Waals surface area contributed by atoms with E-state index in [1.807, 2.05) is 0 Å². The van der Waals surface area contributed by atoms with Crippen molar-refractivity contribution in [3.05, 3.63) is 58.8 Å². The van der Waals surface area contributed by atoms with E-state index in [2.05, 4.69) is 9.98 Å². The normalized spacial score (nSPS) is 12.2. The van der Waals surface area contributed by atoms with Crippen LogP contribution in [0, 0.1) is 36.1 Å². The Bertz CT molecular complexity index is 898. The van der Waals surface area contributed by atoms with E-state index in [1.54, 1.807) is 0 Å². The summed E-state index contributed by atoms with van der Waals surface area (Å²) >= 11 is 0. The second-order valence-electron chi connectivity index (χ2n) is 5.37. The molecule has 0 radical (unpaired) electrons. The fourth-order valence-electron chi connectivity index (χ4n) is 2.14. The van der Waals surface area contributed by atoms with Crippen LogP contribution in [0.1, 0.15) is 22.8 Å². The van der Waals surface area contributed by atoms with Crippen molar-refractivity contribution in [3.63, 3.8) is 0 Å². The molecule has 0 aliphatic carbocycles. The van der Waals surface area contributed by atoms with E-state index in [0.717, 1.165) is 25.4 Å². The van der Waals surface area contributed by atoms with Gasteiger partial charge in [0.25, 0.3) is 0 Å². The van der Waals surface area contributed by atoms with Crippen LogP contribution in [0.3, 0.4) is 0 Å². The van der Waals surface area contributed by atoms with Crippen molar-refractivity contribution < 1.29 is 31.9 Å². The highest BCUT2D eigenvalue weighted by Crippen LogP contribution is 2.22. The summed E-state index contributed by atoms with van der Waals surface area (Å²) in [6, 6.07) is 2.61. The van der Waals surface area contributed by atoms with E-state index in [9.17, 15) is 27.2 Å². The molecule has 0 aliphatic heterocycles. The standard InChI is InChI=1S/C18H14F4N2O3/c1-3-27-18(26)12(8-24-14-5-4-10(19)7-23-14)17(25)11-6-13(20)16(22)9(2)15(11)21/h4-8,12H,3H2,1-2H3. The average molecular weight is 382 g/mol. The molecule has 142 valence electrons. The molecule has 0 saturated heterocycles. The highest BCUT2D eigenvalue weighted by molar-refractivity contribution is 6.18. The summed E-state index contributed by atoms with van der Waals surface area (Å²) in [4.78, 5) is 32.0. The van der Waals surface area contributed by atoms with Gasteiger partial charge in [0.05, 0.1) is 18.4 Å². The molecule has 0 aliphatic rings. The molecule has 5 nitrogen and oxygen atoms in total. The number of Topliss-reactive ketones (excluding diaryl/α,β-unsaturated/α-hetero) is 1. The van der Waals surface area contributed by atoms with Crippen LogP contribution in [-0.2, 0) is 9.53 Å². The number of benzene rings is 1. The zero-order chi connectivity index (χ0) is 20.1. The average Bonchev–Trinajstić information content (AvgIpc) is 2.64. The summed E-state index contributed by atoms with van der Waals surface area (Å²) in [6.45, 7) is 2.37. The van der Waals surface area contributed by atoms with Gasteiger partial charge in [-0.05, 0) is 32.0 Å². The van der Waals surface area contributed by atoms with Crippen molar-refractivity contribution in [2.24, 2.45) is 10.9 Å². The molecule has 1 atom stereocenters. The Morgan fingerprint density at radius 2 is 1.93 bits per heavy atom. The summed E-state index contributed by atoms with van der Waals surface area (Å²) < 4.78 is 58.9. The number of halogens is 4. The molecule has 0 N–H and O–H groups in total. The SMILES string of the molecule is CCOC(=O)C(C=Nc1ccc(F)cn1)C(=O)c1cc(F)c(F)c(C)c1F. The number of rotatable bonds is 6.